The van der Waals surface area contributed by atoms with Crippen LogP contribution in [-0.4, -0.2) is 65.4 Å². The zero-order valence-corrected chi connectivity index (χ0v) is 19.9. The molecule has 10 heteroatoms. The molecule has 0 radical (unpaired) electrons. The Morgan fingerprint density at radius 3 is 2.69 bits per heavy atom. The van der Waals surface area contributed by atoms with Gasteiger partial charge in [-0.15, -0.1) is 0 Å². The molecule has 1 saturated heterocycles. The normalized spacial score (nSPS) is 18.9. The predicted molar refractivity (Wildman–Crippen MR) is 131 cm³/mol. The van der Waals surface area contributed by atoms with Gasteiger partial charge in [0.2, 0.25) is 5.91 Å². The Morgan fingerprint density at radius 1 is 1.08 bits per heavy atom. The molecule has 3 aromatic rings. The number of amides is 3. The van der Waals surface area contributed by atoms with E-state index in [1.807, 2.05) is 18.2 Å². The third kappa shape index (κ3) is 4.33. The number of carbonyl (C=O) groups is 3. The number of aromatic nitrogens is 2. The van der Waals surface area contributed by atoms with Crippen molar-refractivity contribution >= 4 is 23.4 Å². The molecule has 3 heterocycles. The summed E-state index contributed by atoms with van der Waals surface area (Å²) in [6, 6.07) is 9.83. The molecule has 2 atom stereocenters. The fourth-order valence-electron chi connectivity index (χ4n) is 4.67. The van der Waals surface area contributed by atoms with Gasteiger partial charge >= 0.3 is 0 Å². The van der Waals surface area contributed by atoms with Crippen LogP contribution in [0.15, 0.2) is 55.0 Å². The second-order valence-electron chi connectivity index (χ2n) is 8.62. The van der Waals surface area contributed by atoms with Crippen molar-refractivity contribution in [1.29, 1.82) is 0 Å². The van der Waals surface area contributed by atoms with Crippen LogP contribution in [0.3, 0.4) is 0 Å². The molecule has 3 amide bonds. The van der Waals surface area contributed by atoms with E-state index < -0.39 is 6.04 Å². The topological polar surface area (TPSA) is 123 Å². The maximum Gasteiger partial charge on any atom is 0.271 e. The van der Waals surface area contributed by atoms with Crippen molar-refractivity contribution in [2.75, 3.05) is 26.1 Å². The maximum absolute atomic E-state index is 13.6. The number of hydrogen-bond donors (Lipinski definition) is 2. The van der Waals surface area contributed by atoms with Crippen LogP contribution in [0.2, 0.25) is 0 Å². The molecule has 0 bridgehead atoms. The number of anilines is 1. The van der Waals surface area contributed by atoms with E-state index in [9.17, 15) is 14.4 Å². The van der Waals surface area contributed by atoms with Crippen molar-refractivity contribution in [2.24, 2.45) is 0 Å². The quantitative estimate of drug-likeness (QED) is 0.567. The van der Waals surface area contributed by atoms with Crippen LogP contribution in [0.25, 0.3) is 11.1 Å². The van der Waals surface area contributed by atoms with E-state index in [0.717, 1.165) is 11.1 Å². The van der Waals surface area contributed by atoms with Gasteiger partial charge in [-0.2, -0.15) is 0 Å². The summed E-state index contributed by atoms with van der Waals surface area (Å²) >= 11 is 0. The van der Waals surface area contributed by atoms with Crippen molar-refractivity contribution in [3.05, 3.63) is 66.2 Å². The Bertz CT molecular complexity index is 1330. The van der Waals surface area contributed by atoms with Crippen molar-refractivity contribution in [3.63, 3.8) is 0 Å². The summed E-state index contributed by atoms with van der Waals surface area (Å²) in [5.74, 6) is 0.391. The fourth-order valence-corrected chi connectivity index (χ4v) is 4.67. The van der Waals surface area contributed by atoms with Crippen molar-refractivity contribution in [3.8, 4) is 22.6 Å². The summed E-state index contributed by atoms with van der Waals surface area (Å²) in [6.45, 7) is 0.331. The average molecular weight is 488 g/mol. The molecule has 184 valence electrons. The first kappa shape index (κ1) is 23.3. The second-order valence-corrected chi connectivity index (χ2v) is 8.62. The summed E-state index contributed by atoms with van der Waals surface area (Å²) in [4.78, 5) is 48.7. The van der Waals surface area contributed by atoms with Crippen LogP contribution in [-0.2, 0) is 4.79 Å². The third-order valence-electron chi connectivity index (χ3n) is 6.52. The van der Waals surface area contributed by atoms with Crippen LogP contribution < -0.4 is 20.1 Å². The Labute approximate surface area is 207 Å². The summed E-state index contributed by atoms with van der Waals surface area (Å²) in [6.07, 6.45) is 5.14. The van der Waals surface area contributed by atoms with Crippen molar-refractivity contribution < 1.29 is 23.9 Å². The number of methoxy groups -OCH3 is 2. The minimum Gasteiger partial charge on any atom is -0.497 e. The van der Waals surface area contributed by atoms with Crippen LogP contribution in [0.4, 0.5) is 5.69 Å². The Morgan fingerprint density at radius 2 is 1.94 bits per heavy atom. The van der Waals surface area contributed by atoms with Crippen molar-refractivity contribution in [2.45, 2.75) is 24.9 Å². The van der Waals surface area contributed by atoms with Gasteiger partial charge in [0.05, 0.1) is 31.7 Å². The molecule has 2 unspecified atom stereocenters. The lowest BCUT2D eigenvalue weighted by Gasteiger charge is -2.37. The SMILES string of the molecule is COc1ccc(-c2ccc3c(c2)C(=O)N2CCC(NC(=O)c4cnccn4)CC2C(=O)N3)c(OC)c1. The van der Waals surface area contributed by atoms with Gasteiger partial charge in [0.1, 0.15) is 23.2 Å². The molecule has 2 aromatic carbocycles. The van der Waals surface area contributed by atoms with E-state index in [4.69, 9.17) is 9.47 Å². The largest absolute Gasteiger partial charge is 0.497 e. The van der Waals surface area contributed by atoms with Crippen LogP contribution in [0, 0.1) is 0 Å². The van der Waals surface area contributed by atoms with E-state index in [0.29, 0.717) is 42.1 Å². The second kappa shape index (κ2) is 9.65. The molecule has 0 aliphatic carbocycles. The minimum atomic E-state index is -0.704. The molecular formula is C26H25N5O5. The molecule has 36 heavy (non-hydrogen) atoms. The molecular weight excluding hydrogens is 462 g/mol. The summed E-state index contributed by atoms with van der Waals surface area (Å²) in [5, 5.41) is 5.81. The molecule has 1 fully saturated rings. The first-order chi connectivity index (χ1) is 17.5. The number of nitrogens with one attached hydrogen (secondary N) is 2. The monoisotopic (exact) mass is 487 g/mol. The van der Waals surface area contributed by atoms with E-state index in [1.165, 1.54) is 18.6 Å². The van der Waals surface area contributed by atoms with Gasteiger partial charge in [0.15, 0.2) is 0 Å². The number of piperidine rings is 1. The number of nitrogens with zero attached hydrogens (tertiary/aromatic N) is 3. The van der Waals surface area contributed by atoms with E-state index in [1.54, 1.807) is 37.3 Å². The van der Waals surface area contributed by atoms with Crippen molar-refractivity contribution in [1.82, 2.24) is 20.2 Å². The van der Waals surface area contributed by atoms with Crippen LogP contribution in [0.5, 0.6) is 11.5 Å². The number of benzene rings is 2. The Balaban J connectivity index is 1.39. The van der Waals surface area contributed by atoms with Crippen LogP contribution >= 0.6 is 0 Å². The molecule has 0 saturated carbocycles. The lowest BCUT2D eigenvalue weighted by Crippen LogP contribution is -2.55. The number of carbonyl (C=O) groups excluding carboxylic acids is 3. The lowest BCUT2D eigenvalue weighted by molar-refractivity contribution is -0.121. The van der Waals surface area contributed by atoms with E-state index in [2.05, 4.69) is 20.6 Å². The predicted octanol–water partition coefficient (Wildman–Crippen LogP) is 2.52. The zero-order chi connectivity index (χ0) is 25.2. The highest BCUT2D eigenvalue weighted by atomic mass is 16.5. The minimum absolute atomic E-state index is 0.204. The Kier molecular flexibility index (Phi) is 6.24. The van der Waals surface area contributed by atoms with Gasteiger partial charge in [-0.1, -0.05) is 6.07 Å². The van der Waals surface area contributed by atoms with E-state index >= 15 is 0 Å². The number of hydrogen-bond acceptors (Lipinski definition) is 7. The highest BCUT2D eigenvalue weighted by Crippen LogP contribution is 2.36. The summed E-state index contributed by atoms with van der Waals surface area (Å²) in [7, 11) is 3.16. The van der Waals surface area contributed by atoms with E-state index in [-0.39, 0.29) is 29.5 Å². The average Bonchev–Trinajstić information content (AvgIpc) is 3.02. The summed E-state index contributed by atoms with van der Waals surface area (Å²) in [5.41, 5.74) is 2.64. The first-order valence-corrected chi connectivity index (χ1v) is 11.5. The molecule has 1 aromatic heterocycles. The Hall–Kier alpha value is -4.47. The first-order valence-electron chi connectivity index (χ1n) is 11.5. The number of ether oxygens (including phenoxy) is 2. The van der Waals surface area contributed by atoms with Gasteiger partial charge in [-0.3, -0.25) is 19.4 Å². The highest BCUT2D eigenvalue weighted by Gasteiger charge is 2.40. The lowest BCUT2D eigenvalue weighted by atomic mass is 9.95. The molecule has 5 rings (SSSR count). The van der Waals surface area contributed by atoms with Gasteiger partial charge in [-0.25, -0.2) is 4.98 Å². The molecule has 10 nitrogen and oxygen atoms in total. The standard InChI is InChI=1S/C26H25N5O5/c1-35-17-4-5-18(23(13-17)36-2)15-3-6-20-19(11-15)26(34)31-10-7-16(12-22(31)25(33)30-20)29-24(32)21-14-27-8-9-28-21/h3-6,8-9,11,13-14,16,22H,7,10,12H2,1-2H3,(H,29,32)(H,30,33). The number of fused-ring (bicyclic) bond motifs is 2. The third-order valence-corrected chi connectivity index (χ3v) is 6.52. The molecule has 2 N–H and O–H groups in total. The van der Waals surface area contributed by atoms with Gasteiger partial charge < -0.3 is 25.0 Å². The van der Waals surface area contributed by atoms with Gasteiger partial charge in [-0.05, 0) is 42.7 Å². The maximum atomic E-state index is 13.6. The highest BCUT2D eigenvalue weighted by molar-refractivity contribution is 6.10. The smallest absolute Gasteiger partial charge is 0.271 e. The molecule has 2 aliphatic rings. The van der Waals surface area contributed by atoms with Gasteiger partial charge in [0.25, 0.3) is 11.8 Å². The molecule has 0 spiro atoms. The number of rotatable bonds is 5. The fraction of sp³-hybridized carbons (Fsp3) is 0.269. The zero-order valence-electron chi connectivity index (χ0n) is 19.9. The van der Waals surface area contributed by atoms with Crippen LogP contribution in [0.1, 0.15) is 33.7 Å². The van der Waals surface area contributed by atoms with Gasteiger partial charge in [0, 0.05) is 36.6 Å². The summed E-state index contributed by atoms with van der Waals surface area (Å²) < 4.78 is 10.8. The molecule has 2 aliphatic heterocycles.